The molecule has 1 saturated heterocycles. The number of piperidine rings is 1. The van der Waals surface area contributed by atoms with E-state index in [9.17, 15) is 18.0 Å². The fraction of sp³-hybridized carbons (Fsp3) is 0.273. The summed E-state index contributed by atoms with van der Waals surface area (Å²) in [7, 11) is 0. The van der Waals surface area contributed by atoms with Gasteiger partial charge in [0.05, 0.1) is 29.8 Å². The van der Waals surface area contributed by atoms with E-state index in [1.807, 2.05) is 0 Å². The number of pyridine rings is 1. The van der Waals surface area contributed by atoms with E-state index in [-0.39, 0.29) is 22.8 Å². The van der Waals surface area contributed by atoms with Gasteiger partial charge >= 0.3 is 6.36 Å². The molecule has 180 valence electrons. The molecular formula is C22H16F4N6O3. The van der Waals surface area contributed by atoms with Crippen LogP contribution in [0.2, 0.25) is 0 Å². The molecule has 1 aromatic carbocycles. The highest BCUT2D eigenvalue weighted by molar-refractivity contribution is 5.96. The number of nitrogens with two attached hydrogens (primary N) is 1. The number of nitrogen functional groups attached to an aromatic ring is 1. The number of alkyl halides is 3. The van der Waals surface area contributed by atoms with Gasteiger partial charge in [-0.25, -0.2) is 19.3 Å². The molecule has 2 atom stereocenters. The molecule has 0 radical (unpaired) electrons. The first-order valence-electron chi connectivity index (χ1n) is 10.6. The zero-order chi connectivity index (χ0) is 24.5. The number of amides is 1. The summed E-state index contributed by atoms with van der Waals surface area (Å²) in [6.45, 7) is 0.295. The summed E-state index contributed by atoms with van der Waals surface area (Å²) in [4.78, 5) is 27.6. The van der Waals surface area contributed by atoms with Gasteiger partial charge in [0.2, 0.25) is 0 Å². The summed E-state index contributed by atoms with van der Waals surface area (Å²) in [6, 6.07) is 2.37. The predicted octanol–water partition coefficient (Wildman–Crippen LogP) is 3.64. The maximum Gasteiger partial charge on any atom is 0.573 e. The summed E-state index contributed by atoms with van der Waals surface area (Å²) in [6.07, 6.45) is -0.0200. The summed E-state index contributed by atoms with van der Waals surface area (Å²) in [5, 5.41) is 0. The van der Waals surface area contributed by atoms with Crippen molar-refractivity contribution in [2.45, 2.75) is 31.3 Å². The van der Waals surface area contributed by atoms with Crippen molar-refractivity contribution in [1.82, 2.24) is 24.3 Å². The number of carbonyl (C=O) groups excluding carboxylic acids is 1. The Morgan fingerprint density at radius 1 is 1.20 bits per heavy atom. The molecule has 0 saturated carbocycles. The first kappa shape index (κ1) is 21.4. The van der Waals surface area contributed by atoms with Crippen molar-refractivity contribution in [1.29, 1.82) is 0 Å². The number of nitrogens with zero attached hydrogens (tertiary/aromatic N) is 5. The third kappa shape index (κ3) is 3.45. The second-order valence-corrected chi connectivity index (χ2v) is 8.31. The SMILES string of the molecule is Nc1nc2cnc(C(=O)N3CCC[C@H]4Oc5cc(OC(F)(F)F)cc(F)c5[C@H]43)cc2n2cncc12. The molecule has 0 aliphatic carbocycles. The lowest BCUT2D eigenvalue weighted by atomic mass is 9.93. The molecule has 3 aromatic heterocycles. The molecule has 1 amide bonds. The lowest BCUT2D eigenvalue weighted by Crippen LogP contribution is -2.45. The van der Waals surface area contributed by atoms with Crippen LogP contribution in [0.15, 0.2) is 36.9 Å². The Kier molecular flexibility index (Phi) is 4.53. The molecule has 1 fully saturated rings. The van der Waals surface area contributed by atoms with Crippen molar-refractivity contribution < 1.29 is 31.8 Å². The van der Waals surface area contributed by atoms with Crippen LogP contribution in [0.1, 0.15) is 34.9 Å². The van der Waals surface area contributed by atoms with Crippen LogP contribution < -0.4 is 15.2 Å². The molecular weight excluding hydrogens is 472 g/mol. The van der Waals surface area contributed by atoms with Crippen LogP contribution >= 0.6 is 0 Å². The Labute approximate surface area is 194 Å². The molecule has 2 aliphatic rings. The molecule has 2 N–H and O–H groups in total. The summed E-state index contributed by atoms with van der Waals surface area (Å²) in [5.74, 6) is -1.96. The van der Waals surface area contributed by atoms with Gasteiger partial charge < -0.3 is 20.1 Å². The van der Waals surface area contributed by atoms with Crippen LogP contribution in [0.25, 0.3) is 16.6 Å². The maximum atomic E-state index is 15.0. The molecule has 0 bridgehead atoms. The van der Waals surface area contributed by atoms with E-state index in [1.54, 1.807) is 16.7 Å². The number of carbonyl (C=O) groups is 1. The summed E-state index contributed by atoms with van der Waals surface area (Å²) >= 11 is 0. The molecule has 2 aliphatic heterocycles. The van der Waals surface area contributed by atoms with Gasteiger partial charge in [-0.1, -0.05) is 0 Å². The Morgan fingerprint density at radius 2 is 2.03 bits per heavy atom. The van der Waals surface area contributed by atoms with Gasteiger partial charge in [-0.2, -0.15) is 0 Å². The minimum Gasteiger partial charge on any atom is -0.487 e. The Bertz CT molecular complexity index is 1500. The average Bonchev–Trinajstić information content (AvgIpc) is 3.43. The first-order valence-corrected chi connectivity index (χ1v) is 10.6. The third-order valence-electron chi connectivity index (χ3n) is 6.19. The topological polar surface area (TPSA) is 108 Å². The lowest BCUT2D eigenvalue weighted by molar-refractivity contribution is -0.274. The average molecular weight is 488 g/mol. The van der Waals surface area contributed by atoms with Gasteiger partial charge in [-0.05, 0) is 18.9 Å². The standard InChI is InChI=1S/C22H16F4N6O3/c23-11-4-10(35-22(24,25)26)5-17-18(11)19-16(34-17)2-1-3-31(19)21(33)12-6-14-13(7-29-12)30-20(27)15-8-28-9-32(14)15/h4-9,16,19H,1-3H2,(H2,27,30)/t16-,19+/m1/s1. The second-order valence-electron chi connectivity index (χ2n) is 8.31. The number of hydrogen-bond acceptors (Lipinski definition) is 7. The summed E-state index contributed by atoms with van der Waals surface area (Å²) < 4.78 is 64.2. The quantitative estimate of drug-likeness (QED) is 0.429. The molecule has 4 aromatic rings. The Hall–Kier alpha value is -4.16. The van der Waals surface area contributed by atoms with Crippen LogP contribution in [0.4, 0.5) is 23.4 Å². The smallest absolute Gasteiger partial charge is 0.487 e. The second kappa shape index (κ2) is 7.42. The predicted molar refractivity (Wildman–Crippen MR) is 113 cm³/mol. The van der Waals surface area contributed by atoms with E-state index in [1.165, 1.54) is 17.4 Å². The fourth-order valence-corrected chi connectivity index (χ4v) is 4.81. The number of rotatable bonds is 2. The zero-order valence-corrected chi connectivity index (χ0v) is 17.8. The molecule has 9 nitrogen and oxygen atoms in total. The van der Waals surface area contributed by atoms with Gasteiger partial charge in [0.25, 0.3) is 5.91 Å². The van der Waals surface area contributed by atoms with Crippen LogP contribution in [-0.2, 0) is 0 Å². The van der Waals surface area contributed by atoms with Crippen LogP contribution in [0, 0.1) is 5.82 Å². The number of aromatic nitrogens is 4. The van der Waals surface area contributed by atoms with Crippen molar-refractivity contribution in [2.24, 2.45) is 0 Å². The van der Waals surface area contributed by atoms with Gasteiger partial charge in [0, 0.05) is 18.7 Å². The van der Waals surface area contributed by atoms with Crippen molar-refractivity contribution >= 4 is 28.3 Å². The van der Waals surface area contributed by atoms with Gasteiger partial charge in [0.15, 0.2) is 0 Å². The molecule has 6 rings (SSSR count). The van der Waals surface area contributed by atoms with Gasteiger partial charge in [-0.3, -0.25) is 9.20 Å². The van der Waals surface area contributed by atoms with Crippen LogP contribution in [-0.4, -0.2) is 49.2 Å². The van der Waals surface area contributed by atoms with Gasteiger partial charge in [-0.15, -0.1) is 13.2 Å². The largest absolute Gasteiger partial charge is 0.573 e. The molecule has 5 heterocycles. The highest BCUT2D eigenvalue weighted by Crippen LogP contribution is 2.48. The fourth-order valence-electron chi connectivity index (χ4n) is 4.81. The number of ether oxygens (including phenoxy) is 2. The Balaban J connectivity index is 1.39. The number of hydrogen-bond donors (Lipinski definition) is 1. The number of anilines is 1. The molecule has 0 unspecified atom stereocenters. The first-order chi connectivity index (χ1) is 16.7. The monoisotopic (exact) mass is 488 g/mol. The van der Waals surface area contributed by atoms with Crippen molar-refractivity contribution in [3.63, 3.8) is 0 Å². The maximum absolute atomic E-state index is 15.0. The minimum atomic E-state index is -4.98. The van der Waals surface area contributed by atoms with Crippen molar-refractivity contribution in [3.05, 3.63) is 54.0 Å². The van der Waals surface area contributed by atoms with Crippen molar-refractivity contribution in [2.75, 3.05) is 12.3 Å². The zero-order valence-electron chi connectivity index (χ0n) is 17.8. The highest BCUT2D eigenvalue weighted by atomic mass is 19.4. The van der Waals surface area contributed by atoms with Gasteiger partial charge in [0.1, 0.15) is 52.0 Å². The van der Waals surface area contributed by atoms with Crippen LogP contribution in [0.3, 0.4) is 0 Å². The third-order valence-corrected chi connectivity index (χ3v) is 6.19. The number of imidazole rings is 1. The van der Waals surface area contributed by atoms with E-state index < -0.39 is 36.0 Å². The molecule has 13 heteroatoms. The van der Waals surface area contributed by atoms with E-state index >= 15 is 4.39 Å². The normalized spacial score (nSPS) is 19.5. The van der Waals surface area contributed by atoms with Crippen molar-refractivity contribution in [3.8, 4) is 11.5 Å². The Morgan fingerprint density at radius 3 is 2.83 bits per heavy atom. The van der Waals surface area contributed by atoms with E-state index in [2.05, 4.69) is 19.7 Å². The lowest BCUT2D eigenvalue weighted by Gasteiger charge is -2.36. The van der Waals surface area contributed by atoms with E-state index in [4.69, 9.17) is 10.5 Å². The molecule has 0 spiro atoms. The van der Waals surface area contributed by atoms with Crippen LogP contribution in [0.5, 0.6) is 11.5 Å². The molecule has 35 heavy (non-hydrogen) atoms. The highest BCUT2D eigenvalue weighted by Gasteiger charge is 2.46. The minimum absolute atomic E-state index is 0.0183. The van der Waals surface area contributed by atoms with E-state index in [0.29, 0.717) is 42.0 Å². The number of fused-ring (bicyclic) bond motifs is 6. The number of halogens is 4. The summed E-state index contributed by atoms with van der Waals surface area (Å²) in [5.41, 5.74) is 7.64. The number of benzene rings is 1. The van der Waals surface area contributed by atoms with E-state index in [0.717, 1.165) is 6.07 Å². The number of likely N-dealkylation sites (tertiary alicyclic amines) is 1.